The maximum absolute atomic E-state index is 13.3. The Labute approximate surface area is 165 Å². The molecule has 1 saturated heterocycles. The van der Waals surface area contributed by atoms with Gasteiger partial charge in [-0.2, -0.15) is 0 Å². The number of hydrogen-bond acceptors (Lipinski definition) is 3. The van der Waals surface area contributed by atoms with Gasteiger partial charge in [0.1, 0.15) is 5.75 Å². The molecule has 0 radical (unpaired) electrons. The summed E-state index contributed by atoms with van der Waals surface area (Å²) in [6, 6.07) is 17.3. The molecule has 1 aromatic heterocycles. The van der Waals surface area contributed by atoms with Crippen LogP contribution in [-0.4, -0.2) is 34.0 Å². The van der Waals surface area contributed by atoms with Crippen molar-refractivity contribution < 1.29 is 9.90 Å². The van der Waals surface area contributed by atoms with Gasteiger partial charge in [-0.15, -0.1) is 0 Å². The Bertz CT molecular complexity index is 987. The van der Waals surface area contributed by atoms with Crippen LogP contribution in [0.4, 0.5) is 0 Å². The lowest BCUT2D eigenvalue weighted by molar-refractivity contribution is 0.0715. The second-order valence-corrected chi connectivity index (χ2v) is 7.92. The molecule has 4 rings (SSSR count). The number of aromatic nitrogens is 1. The minimum atomic E-state index is 0.102. The number of pyridine rings is 1. The highest BCUT2D eigenvalue weighted by atomic mass is 16.3. The Morgan fingerprint density at radius 1 is 1.07 bits per heavy atom. The van der Waals surface area contributed by atoms with E-state index in [2.05, 4.69) is 13.8 Å². The van der Waals surface area contributed by atoms with E-state index in [0.717, 1.165) is 48.1 Å². The third-order valence-corrected chi connectivity index (χ3v) is 5.70. The lowest BCUT2D eigenvalue weighted by Crippen LogP contribution is -2.38. The zero-order chi connectivity index (χ0) is 19.7. The Balaban J connectivity index is 1.56. The fraction of sp³-hybridized carbons (Fsp3) is 0.333. The number of piperidine rings is 1. The van der Waals surface area contributed by atoms with Gasteiger partial charge in [0.05, 0.1) is 11.1 Å². The Kier molecular flexibility index (Phi) is 5.03. The first kappa shape index (κ1) is 18.5. The van der Waals surface area contributed by atoms with Crippen molar-refractivity contribution >= 4 is 16.8 Å². The van der Waals surface area contributed by atoms with Gasteiger partial charge in [0.25, 0.3) is 5.91 Å². The summed E-state index contributed by atoms with van der Waals surface area (Å²) < 4.78 is 0. The van der Waals surface area contributed by atoms with Crippen LogP contribution in [0.5, 0.6) is 5.75 Å². The van der Waals surface area contributed by atoms with E-state index in [1.165, 1.54) is 5.56 Å². The van der Waals surface area contributed by atoms with Crippen molar-refractivity contribution in [3.8, 4) is 5.75 Å². The summed E-state index contributed by atoms with van der Waals surface area (Å²) in [5.41, 5.74) is 3.84. The number of carbonyl (C=O) groups is 1. The van der Waals surface area contributed by atoms with Crippen molar-refractivity contribution in [2.24, 2.45) is 0 Å². The van der Waals surface area contributed by atoms with E-state index in [9.17, 15) is 9.90 Å². The molecule has 3 aromatic rings. The number of benzene rings is 2. The van der Waals surface area contributed by atoms with Gasteiger partial charge in [-0.1, -0.05) is 44.2 Å². The van der Waals surface area contributed by atoms with Crippen LogP contribution in [0.25, 0.3) is 10.9 Å². The number of carbonyl (C=O) groups excluding carboxylic acids is 1. The summed E-state index contributed by atoms with van der Waals surface area (Å²) >= 11 is 0. The van der Waals surface area contributed by atoms with Gasteiger partial charge >= 0.3 is 0 Å². The fourth-order valence-electron chi connectivity index (χ4n) is 4.00. The van der Waals surface area contributed by atoms with Crippen molar-refractivity contribution in [3.05, 3.63) is 71.4 Å². The molecule has 1 aliphatic rings. The van der Waals surface area contributed by atoms with Crippen molar-refractivity contribution in [3.63, 3.8) is 0 Å². The number of aromatic hydroxyl groups is 1. The van der Waals surface area contributed by atoms with Gasteiger partial charge in [-0.3, -0.25) is 9.78 Å². The summed E-state index contributed by atoms with van der Waals surface area (Å²) in [5, 5.41) is 10.4. The molecule has 4 nitrogen and oxygen atoms in total. The lowest BCUT2D eigenvalue weighted by Gasteiger charge is -2.32. The van der Waals surface area contributed by atoms with Crippen molar-refractivity contribution in [1.29, 1.82) is 0 Å². The molecule has 0 spiro atoms. The zero-order valence-electron chi connectivity index (χ0n) is 16.4. The van der Waals surface area contributed by atoms with E-state index in [0.29, 0.717) is 11.7 Å². The van der Waals surface area contributed by atoms with Crippen LogP contribution in [0.15, 0.2) is 54.6 Å². The molecule has 0 saturated carbocycles. The summed E-state index contributed by atoms with van der Waals surface area (Å²) in [7, 11) is 0. The number of phenolic OH excluding ortho intramolecular Hbond substituents is 1. The van der Waals surface area contributed by atoms with Crippen molar-refractivity contribution in [1.82, 2.24) is 9.88 Å². The van der Waals surface area contributed by atoms with Gasteiger partial charge < -0.3 is 10.0 Å². The fourth-order valence-corrected chi connectivity index (χ4v) is 4.00. The number of phenols is 1. The lowest BCUT2D eigenvalue weighted by atomic mass is 9.89. The number of amides is 1. The Morgan fingerprint density at radius 3 is 2.43 bits per heavy atom. The Hall–Kier alpha value is -2.88. The third-order valence-electron chi connectivity index (χ3n) is 5.70. The van der Waals surface area contributed by atoms with E-state index >= 15 is 0 Å². The highest BCUT2D eigenvalue weighted by Gasteiger charge is 2.26. The predicted molar refractivity (Wildman–Crippen MR) is 112 cm³/mol. The minimum absolute atomic E-state index is 0.102. The zero-order valence-corrected chi connectivity index (χ0v) is 16.4. The van der Waals surface area contributed by atoms with E-state index < -0.39 is 0 Å². The summed E-state index contributed by atoms with van der Waals surface area (Å²) in [6.07, 6.45) is 1.88. The summed E-state index contributed by atoms with van der Waals surface area (Å²) in [5.74, 6) is 1.10. The quantitative estimate of drug-likeness (QED) is 0.695. The number of likely N-dealkylation sites (tertiary alicyclic amines) is 1. The van der Waals surface area contributed by atoms with Crippen LogP contribution in [0, 0.1) is 0 Å². The van der Waals surface area contributed by atoms with Crippen molar-refractivity contribution in [2.45, 2.75) is 38.5 Å². The van der Waals surface area contributed by atoms with Gasteiger partial charge in [-0.05, 0) is 54.5 Å². The van der Waals surface area contributed by atoms with Crippen molar-refractivity contribution in [2.75, 3.05) is 13.1 Å². The molecular formula is C24H26N2O2. The molecular weight excluding hydrogens is 348 g/mol. The summed E-state index contributed by atoms with van der Waals surface area (Å²) in [4.78, 5) is 20.0. The van der Waals surface area contributed by atoms with Crippen LogP contribution < -0.4 is 0 Å². The number of fused-ring (bicyclic) bond motifs is 1. The van der Waals surface area contributed by atoms with E-state index in [-0.39, 0.29) is 11.8 Å². The third kappa shape index (κ3) is 3.59. The second kappa shape index (κ2) is 7.63. The Morgan fingerprint density at radius 2 is 1.75 bits per heavy atom. The maximum Gasteiger partial charge on any atom is 0.254 e. The smallest absolute Gasteiger partial charge is 0.254 e. The van der Waals surface area contributed by atoms with E-state index in [4.69, 9.17) is 4.98 Å². The van der Waals surface area contributed by atoms with Gasteiger partial charge in [-0.25, -0.2) is 0 Å². The van der Waals surface area contributed by atoms with Gasteiger partial charge in [0.2, 0.25) is 0 Å². The van der Waals surface area contributed by atoms with E-state index in [1.54, 1.807) is 12.1 Å². The average molecular weight is 374 g/mol. The van der Waals surface area contributed by atoms with E-state index in [1.807, 2.05) is 47.4 Å². The van der Waals surface area contributed by atoms with Crippen LogP contribution in [-0.2, 0) is 0 Å². The topological polar surface area (TPSA) is 53.4 Å². The normalized spacial score (nSPS) is 15.3. The predicted octanol–water partition coefficient (Wildman–Crippen LogP) is 5.08. The molecule has 0 bridgehead atoms. The van der Waals surface area contributed by atoms with Crippen LogP contribution in [0.3, 0.4) is 0 Å². The first-order valence-corrected chi connectivity index (χ1v) is 10.0. The average Bonchev–Trinajstić information content (AvgIpc) is 2.73. The van der Waals surface area contributed by atoms with Gasteiger partial charge in [0.15, 0.2) is 0 Å². The molecule has 2 heterocycles. The molecule has 0 aliphatic carbocycles. The first-order valence-electron chi connectivity index (χ1n) is 10.0. The van der Waals surface area contributed by atoms with Gasteiger partial charge in [0, 0.05) is 24.2 Å². The number of nitrogens with zero attached hydrogens (tertiary/aromatic N) is 2. The largest absolute Gasteiger partial charge is 0.508 e. The number of rotatable bonds is 3. The molecule has 0 atom stereocenters. The SMILES string of the molecule is CC(C)c1cc(C(=O)N2CCC(c3ccc(O)cc3)CC2)c2ccccc2n1. The monoisotopic (exact) mass is 374 g/mol. The molecule has 1 fully saturated rings. The van der Waals surface area contributed by atoms with Crippen LogP contribution in [0.2, 0.25) is 0 Å². The first-order chi connectivity index (χ1) is 13.5. The standard InChI is InChI=1S/C24H26N2O2/c1-16(2)23-15-21(20-5-3-4-6-22(20)25-23)24(28)26-13-11-18(12-14-26)17-7-9-19(27)10-8-17/h3-10,15-16,18,27H,11-14H2,1-2H3. The molecule has 2 aromatic carbocycles. The molecule has 4 heteroatoms. The molecule has 144 valence electrons. The molecule has 1 N–H and O–H groups in total. The second-order valence-electron chi connectivity index (χ2n) is 7.92. The number of para-hydroxylation sites is 1. The van der Waals surface area contributed by atoms with Crippen LogP contribution in [0.1, 0.15) is 60.1 Å². The molecule has 28 heavy (non-hydrogen) atoms. The minimum Gasteiger partial charge on any atom is -0.508 e. The number of hydrogen-bond donors (Lipinski definition) is 1. The van der Waals surface area contributed by atoms with Crippen LogP contribution >= 0.6 is 0 Å². The molecule has 1 amide bonds. The highest BCUT2D eigenvalue weighted by molar-refractivity contribution is 6.06. The maximum atomic E-state index is 13.3. The molecule has 0 unspecified atom stereocenters. The molecule has 1 aliphatic heterocycles. The highest BCUT2D eigenvalue weighted by Crippen LogP contribution is 2.31. The summed E-state index contributed by atoms with van der Waals surface area (Å²) in [6.45, 7) is 5.71.